The van der Waals surface area contributed by atoms with E-state index in [0.29, 0.717) is 55.4 Å². The van der Waals surface area contributed by atoms with E-state index in [4.69, 9.17) is 32.4 Å². The quantitative estimate of drug-likeness (QED) is 0.0352. The van der Waals surface area contributed by atoms with Crippen molar-refractivity contribution in [2.24, 2.45) is 21.1 Å². The molecule has 0 atom stereocenters. The Kier molecular flexibility index (Phi) is 27.2. The summed E-state index contributed by atoms with van der Waals surface area (Å²) in [5.74, 6) is -3.97. The van der Waals surface area contributed by atoms with Gasteiger partial charge in [-0.25, -0.2) is 26.3 Å². The highest BCUT2D eigenvalue weighted by molar-refractivity contribution is 9.10. The fraction of sp³-hybridized carbons (Fsp3) is 0.169. The van der Waals surface area contributed by atoms with Gasteiger partial charge >= 0.3 is 7.12 Å². The van der Waals surface area contributed by atoms with Gasteiger partial charge in [0.1, 0.15) is 34.9 Å². The number of nitrogen functional groups attached to an aromatic ring is 2. The minimum Gasteiger partial charge on any atom is -0.399 e. The summed E-state index contributed by atoms with van der Waals surface area (Å²) >= 11 is 8.13. The lowest BCUT2D eigenvalue weighted by atomic mass is 9.74. The number of hydrogen-bond acceptors (Lipinski definition) is 9. The summed E-state index contributed by atoms with van der Waals surface area (Å²) in [6.45, 7) is 14.4. The molecule has 5 N–H and O–H groups in total. The van der Waals surface area contributed by atoms with Crippen LogP contribution in [0.15, 0.2) is 245 Å². The van der Waals surface area contributed by atoms with Crippen LogP contribution in [0, 0.1) is 34.9 Å². The summed E-state index contributed by atoms with van der Waals surface area (Å²) in [5, 5.41) is 6.50. The Balaban J connectivity index is 0.000000196. The number of rotatable bonds is 12. The van der Waals surface area contributed by atoms with Gasteiger partial charge in [-0.05, 0) is 202 Å². The Morgan fingerprint density at radius 1 is 0.476 bits per heavy atom. The molecule has 1 aliphatic heterocycles. The Labute approximate surface area is 618 Å². The fourth-order valence-corrected chi connectivity index (χ4v) is 12.2. The number of aryl methyl sites for hydroxylation is 3. The third kappa shape index (κ3) is 18.9. The smallest absolute Gasteiger partial charge is 0.399 e. The lowest BCUT2D eigenvalue weighted by Gasteiger charge is -2.32. The molecular weight excluding hydrogens is 1430 g/mol. The third-order valence-electron chi connectivity index (χ3n) is 17.6. The molecule has 0 unspecified atom stereocenters. The first-order valence-corrected chi connectivity index (χ1v) is 33.3. The number of allylic oxidation sites excluding steroid dienone is 1. The highest BCUT2D eigenvalue weighted by atomic mass is 79.9. The number of aromatic nitrogens is 3. The molecule has 1 fully saturated rings. The third-order valence-corrected chi connectivity index (χ3v) is 18.4. The standard InChI is InChI=1S/C26H20F2N2O2.C23H18F2N2O.C19H22BF2NO2.C10H8BrNO.C3H3ClO.2CH4/c1-3-25(31)29-17-12-11-16(13-21-23(27)9-6-10-24(21)28)20(14-17)22-15-30(2)26(32)19-8-5-4-7-18(19)22;1-27-13-20(16-5-2-3-6-17(16)23(27)28)18-12-15(26)10-9-14(18)11-19-21(24)7-4-8-22(19)25;1-18(2)19(3,4)25-20(24-18)15-11-13(23)9-8-12(15)10-14-16(21)6-5-7-17(14)22;1-12-6-9(11)7-4-2-3-5-8(7)10(12)13;1-2-3(4)5;;/h3-12,14-15H,1,13H2,2H3,(H,29,31);2-10,12-13H,11,26H2,1H3;5-9,11H,10,23H2,1-4H3;2-6H,1H3;2H,1H2;2*1H4. The summed E-state index contributed by atoms with van der Waals surface area (Å²) in [6, 6.07) is 49.1. The van der Waals surface area contributed by atoms with Crippen molar-refractivity contribution in [3.05, 3.63) is 330 Å². The Bertz CT molecular complexity index is 5380. The Morgan fingerprint density at radius 3 is 1.21 bits per heavy atom. The van der Waals surface area contributed by atoms with Gasteiger partial charge in [0.25, 0.3) is 16.7 Å². The monoisotopic (exact) mass is 1510 g/mol. The van der Waals surface area contributed by atoms with E-state index in [-0.39, 0.29) is 73.4 Å². The molecule has 0 spiro atoms. The van der Waals surface area contributed by atoms with Gasteiger partial charge in [-0.2, -0.15) is 0 Å². The lowest BCUT2D eigenvalue weighted by molar-refractivity contribution is -0.112. The zero-order valence-corrected chi connectivity index (χ0v) is 59.5. The second-order valence-corrected chi connectivity index (χ2v) is 26.3. The maximum Gasteiger partial charge on any atom is 0.495 e. The minimum absolute atomic E-state index is 0. The van der Waals surface area contributed by atoms with Gasteiger partial charge in [0.05, 0.1) is 11.2 Å². The number of nitrogens with zero attached hydrogens (tertiary/aromatic N) is 3. The van der Waals surface area contributed by atoms with E-state index < -0.39 is 58.5 Å². The molecule has 13 rings (SSSR count). The van der Waals surface area contributed by atoms with Gasteiger partial charge in [-0.1, -0.05) is 119 Å². The van der Waals surface area contributed by atoms with Crippen LogP contribution in [0.3, 0.4) is 0 Å². The number of carbonyl (C=O) groups is 2. The zero-order valence-electron chi connectivity index (χ0n) is 57.2. The summed E-state index contributed by atoms with van der Waals surface area (Å²) < 4.78 is 103. The predicted octanol–water partition coefficient (Wildman–Crippen LogP) is 17.8. The molecule has 4 heterocycles. The van der Waals surface area contributed by atoms with Crippen LogP contribution in [0.25, 0.3) is 54.6 Å². The molecular formula is C83H79BBrClF6N6O7. The molecule has 0 saturated carbocycles. The van der Waals surface area contributed by atoms with Crippen LogP contribution in [-0.2, 0) is 59.3 Å². The van der Waals surface area contributed by atoms with E-state index in [1.165, 1.54) is 63.7 Å². The zero-order chi connectivity index (χ0) is 74.8. The molecule has 12 aromatic rings. The molecule has 0 bridgehead atoms. The van der Waals surface area contributed by atoms with Crippen molar-refractivity contribution in [1.82, 2.24) is 13.7 Å². The second kappa shape index (κ2) is 35.1. The van der Waals surface area contributed by atoms with E-state index in [0.717, 1.165) is 55.0 Å². The highest BCUT2D eigenvalue weighted by Crippen LogP contribution is 2.39. The highest BCUT2D eigenvalue weighted by Gasteiger charge is 2.52. The van der Waals surface area contributed by atoms with Crippen molar-refractivity contribution in [3.63, 3.8) is 0 Å². The topological polar surface area (TPSA) is 183 Å². The average Bonchev–Trinajstić information content (AvgIpc) is 1.75. The molecule has 0 aliphatic carbocycles. The Hall–Kier alpha value is -10.8. The molecule has 1 aliphatic rings. The molecule has 105 heavy (non-hydrogen) atoms. The largest absolute Gasteiger partial charge is 0.495 e. The van der Waals surface area contributed by atoms with Crippen molar-refractivity contribution in [3.8, 4) is 22.3 Å². The molecule has 22 heteroatoms. The fourth-order valence-electron chi connectivity index (χ4n) is 11.5. The molecule has 13 nitrogen and oxygen atoms in total. The summed E-state index contributed by atoms with van der Waals surface area (Å²) in [7, 11) is 4.44. The number of hydrogen-bond donors (Lipinski definition) is 3. The molecule has 3 aromatic heterocycles. The maximum atomic E-state index is 14.4. The number of halogens is 8. The predicted molar refractivity (Wildman–Crippen MR) is 418 cm³/mol. The second-order valence-electron chi connectivity index (χ2n) is 25.1. The van der Waals surface area contributed by atoms with E-state index in [1.807, 2.05) is 82.3 Å². The first kappa shape index (κ1) is 81.5. The summed E-state index contributed by atoms with van der Waals surface area (Å²) in [6.07, 6.45) is 7.58. The summed E-state index contributed by atoms with van der Waals surface area (Å²) in [4.78, 5) is 58.0. The van der Waals surface area contributed by atoms with Gasteiger partial charge in [0.15, 0.2) is 0 Å². The van der Waals surface area contributed by atoms with Crippen molar-refractivity contribution in [2.45, 2.75) is 73.0 Å². The van der Waals surface area contributed by atoms with Crippen LogP contribution in [0.4, 0.5) is 43.4 Å². The first-order valence-electron chi connectivity index (χ1n) is 32.1. The van der Waals surface area contributed by atoms with Crippen LogP contribution in [0.5, 0.6) is 0 Å². The van der Waals surface area contributed by atoms with Crippen LogP contribution in [-0.4, -0.2) is 43.2 Å². The molecule has 1 saturated heterocycles. The van der Waals surface area contributed by atoms with E-state index in [1.54, 1.807) is 117 Å². The normalized spacial score (nSPS) is 12.3. The number of nitrogens with one attached hydrogen (secondary N) is 1. The van der Waals surface area contributed by atoms with E-state index in [2.05, 4.69) is 34.4 Å². The Morgan fingerprint density at radius 2 is 0.810 bits per heavy atom. The summed E-state index contributed by atoms with van der Waals surface area (Å²) in [5.41, 5.74) is 17.9. The van der Waals surface area contributed by atoms with Crippen LogP contribution in [0.1, 0.15) is 75.9 Å². The van der Waals surface area contributed by atoms with E-state index in [9.17, 15) is 50.3 Å². The van der Waals surface area contributed by atoms with Gasteiger partial charge in [-0.3, -0.25) is 24.0 Å². The number of nitrogens with two attached hydrogens (primary N) is 2. The van der Waals surface area contributed by atoms with Crippen molar-refractivity contribution >= 4 is 101 Å². The van der Waals surface area contributed by atoms with Crippen molar-refractivity contribution in [2.75, 3.05) is 16.8 Å². The molecule has 1 amide bonds. The maximum absolute atomic E-state index is 14.4. The van der Waals surface area contributed by atoms with Crippen LogP contribution in [0.2, 0.25) is 0 Å². The molecule has 0 radical (unpaired) electrons. The SMILES string of the molecule is C.C.C=CC(=O)Cl.C=CC(=O)Nc1ccc(Cc2c(F)cccc2F)c(-c2cn(C)c(=O)c3ccccc23)c1.CC1(C)OB(c2cc(N)ccc2Cc2c(F)cccc2F)OC1(C)C.Cn1cc(-c2cc(N)ccc2Cc2c(F)cccc2F)c2ccccc2c1=O.Cn1cc(Br)c2ccccc2c1=O. The molecule has 542 valence electrons. The first-order chi connectivity index (χ1) is 48.9. The van der Waals surface area contributed by atoms with Gasteiger partial charge in [-0.15, -0.1) is 0 Å². The number of fused-ring (bicyclic) bond motifs is 3. The number of anilines is 3. The number of amides is 1. The minimum atomic E-state index is -0.640. The van der Waals surface area contributed by atoms with Gasteiger partial charge in [0, 0.05) is 130 Å². The van der Waals surface area contributed by atoms with E-state index >= 15 is 0 Å². The number of benzene rings is 9. The number of carbonyl (C=O) groups excluding carboxylic acids is 2. The van der Waals surface area contributed by atoms with Gasteiger partial charge < -0.3 is 39.8 Å². The number of pyridine rings is 3. The van der Waals surface area contributed by atoms with Crippen molar-refractivity contribution < 1.29 is 45.2 Å². The van der Waals surface area contributed by atoms with Gasteiger partial charge in [0.2, 0.25) is 11.1 Å². The molecule has 9 aromatic carbocycles. The van der Waals surface area contributed by atoms with Crippen molar-refractivity contribution in [1.29, 1.82) is 0 Å². The van der Waals surface area contributed by atoms with Crippen LogP contribution >= 0.6 is 27.5 Å². The lowest BCUT2D eigenvalue weighted by Crippen LogP contribution is -2.41. The van der Waals surface area contributed by atoms with Crippen LogP contribution < -0.4 is 38.9 Å². The average molecular weight is 1510 g/mol.